The summed E-state index contributed by atoms with van der Waals surface area (Å²) in [6.45, 7) is 7.23. The Morgan fingerprint density at radius 2 is 2.33 bits per heavy atom. The summed E-state index contributed by atoms with van der Waals surface area (Å²) in [6.07, 6.45) is 3.40. The first-order valence-corrected chi connectivity index (χ1v) is 6.98. The van der Waals surface area contributed by atoms with Crippen LogP contribution in [0, 0.1) is 0 Å². The predicted octanol–water partition coefficient (Wildman–Crippen LogP) is 0.213. The van der Waals surface area contributed by atoms with Gasteiger partial charge in [0.15, 0.2) is 0 Å². The van der Waals surface area contributed by atoms with Crippen LogP contribution >= 0.6 is 0 Å². The Morgan fingerprint density at radius 3 is 3.06 bits per heavy atom. The van der Waals surface area contributed by atoms with Crippen molar-refractivity contribution in [2.75, 3.05) is 46.4 Å². The second-order valence-electron chi connectivity index (χ2n) is 4.75. The fourth-order valence-corrected chi connectivity index (χ4v) is 2.40. The molecular formula is C13H27N3O2. The lowest BCUT2D eigenvalue weighted by atomic mass is 10.2. The molecule has 1 amide bonds. The van der Waals surface area contributed by atoms with E-state index in [4.69, 9.17) is 4.74 Å². The molecule has 0 aliphatic carbocycles. The van der Waals surface area contributed by atoms with Gasteiger partial charge in [0, 0.05) is 32.8 Å². The van der Waals surface area contributed by atoms with E-state index in [1.807, 2.05) is 0 Å². The molecule has 106 valence electrons. The highest BCUT2D eigenvalue weighted by atomic mass is 16.5. The molecule has 1 heterocycles. The van der Waals surface area contributed by atoms with E-state index < -0.39 is 0 Å². The van der Waals surface area contributed by atoms with Gasteiger partial charge in [-0.25, -0.2) is 0 Å². The lowest BCUT2D eigenvalue weighted by Gasteiger charge is -2.22. The van der Waals surface area contributed by atoms with Gasteiger partial charge in [-0.05, 0) is 32.4 Å². The van der Waals surface area contributed by atoms with E-state index in [1.165, 1.54) is 19.4 Å². The SMILES string of the molecule is CCN1CCCC1CNCC(=O)NCCCOC. The Bertz CT molecular complexity index is 236. The van der Waals surface area contributed by atoms with Crippen LogP contribution in [0.25, 0.3) is 0 Å². The van der Waals surface area contributed by atoms with Crippen LogP contribution in [0.1, 0.15) is 26.2 Å². The van der Waals surface area contributed by atoms with Crippen molar-refractivity contribution in [3.63, 3.8) is 0 Å². The van der Waals surface area contributed by atoms with Gasteiger partial charge in [-0.3, -0.25) is 9.69 Å². The quantitative estimate of drug-likeness (QED) is 0.580. The largest absolute Gasteiger partial charge is 0.385 e. The lowest BCUT2D eigenvalue weighted by Crippen LogP contribution is -2.42. The van der Waals surface area contributed by atoms with Crippen molar-refractivity contribution in [1.29, 1.82) is 0 Å². The van der Waals surface area contributed by atoms with Crippen molar-refractivity contribution in [1.82, 2.24) is 15.5 Å². The average Bonchev–Trinajstić information content (AvgIpc) is 2.82. The molecule has 5 nitrogen and oxygen atoms in total. The first-order chi connectivity index (χ1) is 8.77. The first kappa shape index (κ1) is 15.4. The van der Waals surface area contributed by atoms with Crippen molar-refractivity contribution in [3.05, 3.63) is 0 Å². The Kier molecular flexibility index (Phi) is 7.96. The molecule has 0 aromatic heterocycles. The van der Waals surface area contributed by atoms with Crippen LogP contribution in [0.4, 0.5) is 0 Å². The van der Waals surface area contributed by atoms with Crippen molar-refractivity contribution < 1.29 is 9.53 Å². The number of nitrogens with zero attached hydrogens (tertiary/aromatic N) is 1. The van der Waals surface area contributed by atoms with E-state index >= 15 is 0 Å². The number of ether oxygens (including phenoxy) is 1. The molecule has 0 radical (unpaired) electrons. The maximum atomic E-state index is 11.5. The van der Waals surface area contributed by atoms with Crippen LogP contribution in [-0.2, 0) is 9.53 Å². The van der Waals surface area contributed by atoms with Crippen molar-refractivity contribution in [2.45, 2.75) is 32.2 Å². The molecule has 1 aliphatic heterocycles. The third-order valence-electron chi connectivity index (χ3n) is 3.42. The van der Waals surface area contributed by atoms with Gasteiger partial charge < -0.3 is 15.4 Å². The molecule has 0 spiro atoms. The van der Waals surface area contributed by atoms with Crippen molar-refractivity contribution in [2.24, 2.45) is 0 Å². The monoisotopic (exact) mass is 257 g/mol. The normalized spacial score (nSPS) is 20.2. The maximum Gasteiger partial charge on any atom is 0.233 e. The van der Waals surface area contributed by atoms with Gasteiger partial charge in [0.05, 0.1) is 6.54 Å². The molecule has 1 saturated heterocycles. The minimum Gasteiger partial charge on any atom is -0.385 e. The topological polar surface area (TPSA) is 53.6 Å². The van der Waals surface area contributed by atoms with Gasteiger partial charge in [0.2, 0.25) is 5.91 Å². The minimum atomic E-state index is 0.0761. The van der Waals surface area contributed by atoms with Crippen molar-refractivity contribution >= 4 is 5.91 Å². The number of nitrogens with one attached hydrogen (secondary N) is 2. The standard InChI is InChI=1S/C13H27N3O2/c1-3-16-8-4-6-12(16)10-14-11-13(17)15-7-5-9-18-2/h12,14H,3-11H2,1-2H3,(H,15,17). The summed E-state index contributed by atoms with van der Waals surface area (Å²) in [7, 11) is 1.67. The zero-order valence-electron chi connectivity index (χ0n) is 11.7. The van der Waals surface area contributed by atoms with Crippen LogP contribution in [0.2, 0.25) is 0 Å². The molecule has 1 aliphatic rings. The van der Waals surface area contributed by atoms with Gasteiger partial charge in [-0.15, -0.1) is 0 Å². The van der Waals surface area contributed by atoms with Gasteiger partial charge in [0.25, 0.3) is 0 Å². The Labute approximate surface area is 110 Å². The zero-order chi connectivity index (χ0) is 13.2. The summed E-state index contributed by atoms with van der Waals surface area (Å²) < 4.78 is 4.92. The highest BCUT2D eigenvalue weighted by Crippen LogP contribution is 2.15. The molecule has 0 aromatic carbocycles. The summed E-state index contributed by atoms with van der Waals surface area (Å²) in [5, 5.41) is 6.12. The third-order valence-corrected chi connectivity index (χ3v) is 3.42. The average molecular weight is 257 g/mol. The Hall–Kier alpha value is -0.650. The molecule has 2 N–H and O–H groups in total. The number of hydrogen-bond acceptors (Lipinski definition) is 4. The van der Waals surface area contributed by atoms with Crippen LogP contribution in [-0.4, -0.2) is 63.3 Å². The Balaban J connectivity index is 2.01. The second-order valence-corrected chi connectivity index (χ2v) is 4.75. The number of amides is 1. The van der Waals surface area contributed by atoms with Crippen LogP contribution in [0.5, 0.6) is 0 Å². The van der Waals surface area contributed by atoms with E-state index in [0.717, 1.165) is 19.5 Å². The summed E-state index contributed by atoms with van der Waals surface area (Å²) in [5.41, 5.74) is 0. The highest BCUT2D eigenvalue weighted by molar-refractivity contribution is 5.77. The zero-order valence-corrected chi connectivity index (χ0v) is 11.7. The molecule has 1 rings (SSSR count). The fourth-order valence-electron chi connectivity index (χ4n) is 2.40. The number of hydrogen-bond donors (Lipinski definition) is 2. The number of methoxy groups -OCH3 is 1. The van der Waals surface area contributed by atoms with E-state index in [2.05, 4.69) is 22.5 Å². The predicted molar refractivity (Wildman–Crippen MR) is 72.6 cm³/mol. The lowest BCUT2D eigenvalue weighted by molar-refractivity contribution is -0.120. The molecule has 0 aromatic rings. The van der Waals surface area contributed by atoms with Gasteiger partial charge in [-0.2, -0.15) is 0 Å². The third kappa shape index (κ3) is 5.80. The molecule has 18 heavy (non-hydrogen) atoms. The van der Waals surface area contributed by atoms with Gasteiger partial charge in [0.1, 0.15) is 0 Å². The molecular weight excluding hydrogens is 230 g/mol. The summed E-state index contributed by atoms with van der Waals surface area (Å²) in [6, 6.07) is 0.608. The summed E-state index contributed by atoms with van der Waals surface area (Å²) in [5.74, 6) is 0.0761. The molecule has 1 unspecified atom stereocenters. The number of carbonyl (C=O) groups excluding carboxylic acids is 1. The van der Waals surface area contributed by atoms with Crippen LogP contribution in [0.15, 0.2) is 0 Å². The van der Waals surface area contributed by atoms with Crippen LogP contribution < -0.4 is 10.6 Å². The molecule has 1 atom stereocenters. The first-order valence-electron chi connectivity index (χ1n) is 6.98. The van der Waals surface area contributed by atoms with E-state index in [1.54, 1.807) is 7.11 Å². The number of likely N-dealkylation sites (tertiary alicyclic amines) is 1. The molecule has 0 saturated carbocycles. The van der Waals surface area contributed by atoms with Gasteiger partial charge >= 0.3 is 0 Å². The summed E-state index contributed by atoms with van der Waals surface area (Å²) >= 11 is 0. The van der Waals surface area contributed by atoms with E-state index in [9.17, 15) is 4.79 Å². The highest BCUT2D eigenvalue weighted by Gasteiger charge is 2.22. The summed E-state index contributed by atoms with van der Waals surface area (Å²) in [4.78, 5) is 14.0. The molecule has 5 heteroatoms. The number of rotatable bonds is 9. The number of carbonyl (C=O) groups is 1. The fraction of sp³-hybridized carbons (Fsp3) is 0.923. The second kappa shape index (κ2) is 9.30. The number of likely N-dealkylation sites (N-methyl/N-ethyl adjacent to an activating group) is 1. The minimum absolute atomic E-state index is 0.0761. The van der Waals surface area contributed by atoms with Crippen molar-refractivity contribution in [3.8, 4) is 0 Å². The molecule has 1 fully saturated rings. The van der Waals surface area contributed by atoms with Gasteiger partial charge in [-0.1, -0.05) is 6.92 Å². The maximum absolute atomic E-state index is 11.5. The smallest absolute Gasteiger partial charge is 0.233 e. The molecule has 0 bridgehead atoms. The van der Waals surface area contributed by atoms with E-state index in [0.29, 0.717) is 25.7 Å². The van der Waals surface area contributed by atoms with Crippen LogP contribution in [0.3, 0.4) is 0 Å². The Morgan fingerprint density at radius 1 is 1.50 bits per heavy atom. The van der Waals surface area contributed by atoms with E-state index in [-0.39, 0.29) is 5.91 Å².